The Balaban J connectivity index is 2.76. The third kappa shape index (κ3) is 2.70. The number of nitrogens with one attached hydrogen (secondary N) is 1. The maximum absolute atomic E-state index is 5.75. The molecule has 0 aromatic carbocycles. The number of aromatic nitrogens is 1. The topological polar surface area (TPSA) is 50.9 Å². The van der Waals surface area contributed by atoms with Crippen LogP contribution in [0.3, 0.4) is 0 Å². The fourth-order valence-corrected chi connectivity index (χ4v) is 1.39. The van der Waals surface area contributed by atoms with Gasteiger partial charge < -0.3 is 11.1 Å². The summed E-state index contributed by atoms with van der Waals surface area (Å²) in [6.07, 6.45) is 1.71. The molecule has 1 unspecified atom stereocenters. The van der Waals surface area contributed by atoms with Crippen LogP contribution in [-0.2, 0) is 0 Å². The van der Waals surface area contributed by atoms with Crippen molar-refractivity contribution >= 4 is 5.82 Å². The first-order valence-corrected chi connectivity index (χ1v) is 4.57. The van der Waals surface area contributed by atoms with Gasteiger partial charge in [-0.25, -0.2) is 4.98 Å². The Morgan fingerprint density at radius 1 is 1.38 bits per heavy atom. The SMILES string of the molecule is CC(C)NC(C)c1cccnc1N. The lowest BCUT2D eigenvalue weighted by Crippen LogP contribution is -2.26. The lowest BCUT2D eigenvalue weighted by Gasteiger charge is -2.17. The molecule has 0 saturated carbocycles. The van der Waals surface area contributed by atoms with Crippen LogP contribution in [0, 0.1) is 0 Å². The largest absolute Gasteiger partial charge is 0.383 e. The molecule has 0 aliphatic carbocycles. The number of rotatable bonds is 3. The number of anilines is 1. The molecule has 72 valence electrons. The fraction of sp³-hybridized carbons (Fsp3) is 0.500. The number of nitrogens with two attached hydrogens (primary N) is 1. The number of hydrogen-bond donors (Lipinski definition) is 2. The highest BCUT2D eigenvalue weighted by atomic mass is 14.9. The van der Waals surface area contributed by atoms with Gasteiger partial charge in [-0.15, -0.1) is 0 Å². The molecule has 0 bridgehead atoms. The molecule has 0 aliphatic rings. The van der Waals surface area contributed by atoms with E-state index >= 15 is 0 Å². The highest BCUT2D eigenvalue weighted by molar-refractivity contribution is 5.40. The summed E-state index contributed by atoms with van der Waals surface area (Å²) >= 11 is 0. The van der Waals surface area contributed by atoms with E-state index in [2.05, 4.69) is 31.1 Å². The summed E-state index contributed by atoms with van der Waals surface area (Å²) in [4.78, 5) is 4.05. The number of hydrogen-bond acceptors (Lipinski definition) is 3. The van der Waals surface area contributed by atoms with Gasteiger partial charge >= 0.3 is 0 Å². The zero-order valence-corrected chi connectivity index (χ0v) is 8.41. The van der Waals surface area contributed by atoms with Crippen molar-refractivity contribution in [3.05, 3.63) is 23.9 Å². The van der Waals surface area contributed by atoms with Gasteiger partial charge in [-0.1, -0.05) is 19.9 Å². The average Bonchev–Trinajstić information content (AvgIpc) is 2.03. The molecule has 0 radical (unpaired) electrons. The minimum absolute atomic E-state index is 0.258. The molecular formula is C10H17N3. The van der Waals surface area contributed by atoms with Crippen LogP contribution in [-0.4, -0.2) is 11.0 Å². The van der Waals surface area contributed by atoms with Gasteiger partial charge in [0.1, 0.15) is 5.82 Å². The molecule has 3 N–H and O–H groups in total. The van der Waals surface area contributed by atoms with Gasteiger partial charge in [0.2, 0.25) is 0 Å². The third-order valence-electron chi connectivity index (χ3n) is 1.92. The second kappa shape index (κ2) is 4.23. The van der Waals surface area contributed by atoms with E-state index in [4.69, 9.17) is 5.73 Å². The van der Waals surface area contributed by atoms with Gasteiger partial charge in [0, 0.05) is 23.8 Å². The van der Waals surface area contributed by atoms with Crippen LogP contribution < -0.4 is 11.1 Å². The van der Waals surface area contributed by atoms with Crippen LogP contribution in [0.5, 0.6) is 0 Å². The average molecular weight is 179 g/mol. The molecule has 1 atom stereocenters. The second-order valence-electron chi connectivity index (χ2n) is 3.52. The molecule has 1 rings (SSSR count). The lowest BCUT2D eigenvalue weighted by atomic mass is 10.1. The van der Waals surface area contributed by atoms with Crippen LogP contribution >= 0.6 is 0 Å². The predicted molar refractivity (Wildman–Crippen MR) is 55.3 cm³/mol. The lowest BCUT2D eigenvalue weighted by molar-refractivity contribution is 0.506. The van der Waals surface area contributed by atoms with Crippen LogP contribution in [0.2, 0.25) is 0 Å². The van der Waals surface area contributed by atoms with Crippen molar-refractivity contribution < 1.29 is 0 Å². The van der Waals surface area contributed by atoms with Crippen LogP contribution in [0.15, 0.2) is 18.3 Å². The van der Waals surface area contributed by atoms with Gasteiger partial charge in [-0.05, 0) is 13.0 Å². The molecule has 3 nitrogen and oxygen atoms in total. The molecule has 1 aromatic heterocycles. The summed E-state index contributed by atoms with van der Waals surface area (Å²) in [5.74, 6) is 0.614. The smallest absolute Gasteiger partial charge is 0.128 e. The maximum atomic E-state index is 5.75. The standard InChI is InChI=1S/C10H17N3/c1-7(2)13-8(3)9-5-4-6-12-10(9)11/h4-8,13H,1-3H3,(H2,11,12). The molecule has 0 aliphatic heterocycles. The quantitative estimate of drug-likeness (QED) is 0.743. The van der Waals surface area contributed by atoms with Crippen molar-refractivity contribution in [3.63, 3.8) is 0 Å². The van der Waals surface area contributed by atoms with E-state index in [9.17, 15) is 0 Å². The molecule has 0 fully saturated rings. The molecule has 0 saturated heterocycles. The predicted octanol–water partition coefficient (Wildman–Crippen LogP) is 1.72. The number of pyridine rings is 1. The summed E-state index contributed by atoms with van der Waals surface area (Å²) in [6, 6.07) is 4.62. The Labute approximate surface area is 79.4 Å². The van der Waals surface area contributed by atoms with Gasteiger partial charge in [-0.3, -0.25) is 0 Å². The summed E-state index contributed by atoms with van der Waals surface area (Å²) in [6.45, 7) is 6.32. The first-order chi connectivity index (χ1) is 6.11. The Bertz CT molecular complexity index is 271. The van der Waals surface area contributed by atoms with E-state index in [1.807, 2.05) is 12.1 Å². The molecule has 3 heteroatoms. The van der Waals surface area contributed by atoms with Gasteiger partial charge in [0.15, 0.2) is 0 Å². The van der Waals surface area contributed by atoms with Gasteiger partial charge in [0.05, 0.1) is 0 Å². The minimum Gasteiger partial charge on any atom is -0.383 e. The van der Waals surface area contributed by atoms with E-state index in [1.54, 1.807) is 6.20 Å². The van der Waals surface area contributed by atoms with Crippen molar-refractivity contribution in [3.8, 4) is 0 Å². The summed E-state index contributed by atoms with van der Waals surface area (Å²) in [5.41, 5.74) is 6.81. The van der Waals surface area contributed by atoms with E-state index in [1.165, 1.54) is 0 Å². The zero-order chi connectivity index (χ0) is 9.84. The fourth-order valence-electron chi connectivity index (χ4n) is 1.39. The van der Waals surface area contributed by atoms with Crippen molar-refractivity contribution in [2.24, 2.45) is 0 Å². The third-order valence-corrected chi connectivity index (χ3v) is 1.92. The van der Waals surface area contributed by atoms with E-state index in [-0.39, 0.29) is 6.04 Å². The maximum Gasteiger partial charge on any atom is 0.128 e. The molecule has 13 heavy (non-hydrogen) atoms. The first kappa shape index (κ1) is 9.99. The Morgan fingerprint density at radius 3 is 2.62 bits per heavy atom. The zero-order valence-electron chi connectivity index (χ0n) is 8.41. The monoisotopic (exact) mass is 179 g/mol. The van der Waals surface area contributed by atoms with Crippen LogP contribution in [0.1, 0.15) is 32.4 Å². The minimum atomic E-state index is 0.258. The van der Waals surface area contributed by atoms with Crippen molar-refractivity contribution in [1.82, 2.24) is 10.3 Å². The first-order valence-electron chi connectivity index (χ1n) is 4.57. The summed E-state index contributed by atoms with van der Waals surface area (Å²) < 4.78 is 0. The van der Waals surface area contributed by atoms with Gasteiger partial charge in [-0.2, -0.15) is 0 Å². The summed E-state index contributed by atoms with van der Waals surface area (Å²) in [5, 5.41) is 3.38. The van der Waals surface area contributed by atoms with Crippen molar-refractivity contribution in [2.45, 2.75) is 32.9 Å². The molecule has 1 aromatic rings. The molecular weight excluding hydrogens is 162 g/mol. The normalized spacial score (nSPS) is 13.2. The summed E-state index contributed by atoms with van der Waals surface area (Å²) in [7, 11) is 0. The van der Waals surface area contributed by atoms with Gasteiger partial charge in [0.25, 0.3) is 0 Å². The molecule has 1 heterocycles. The molecule has 0 amide bonds. The highest BCUT2D eigenvalue weighted by Gasteiger charge is 2.09. The Morgan fingerprint density at radius 2 is 2.08 bits per heavy atom. The van der Waals surface area contributed by atoms with E-state index in [0.29, 0.717) is 11.9 Å². The number of nitrogens with zero attached hydrogens (tertiary/aromatic N) is 1. The van der Waals surface area contributed by atoms with Crippen molar-refractivity contribution in [1.29, 1.82) is 0 Å². The van der Waals surface area contributed by atoms with Crippen LogP contribution in [0.25, 0.3) is 0 Å². The number of nitrogen functional groups attached to an aromatic ring is 1. The van der Waals surface area contributed by atoms with E-state index < -0.39 is 0 Å². The molecule has 0 spiro atoms. The Hall–Kier alpha value is -1.09. The van der Waals surface area contributed by atoms with Crippen LogP contribution in [0.4, 0.5) is 5.82 Å². The van der Waals surface area contributed by atoms with E-state index in [0.717, 1.165) is 5.56 Å². The Kier molecular flexibility index (Phi) is 3.25. The van der Waals surface area contributed by atoms with Crippen molar-refractivity contribution in [2.75, 3.05) is 5.73 Å². The second-order valence-corrected chi connectivity index (χ2v) is 3.52. The highest BCUT2D eigenvalue weighted by Crippen LogP contribution is 2.17.